The summed E-state index contributed by atoms with van der Waals surface area (Å²) in [6.45, 7) is 10.2. The average Bonchev–Trinajstić information content (AvgIpc) is 3.10. The molecule has 3 aromatic rings. The van der Waals surface area contributed by atoms with Gasteiger partial charge in [-0.2, -0.15) is 0 Å². The van der Waals surface area contributed by atoms with Crippen LogP contribution in [0.5, 0.6) is 5.75 Å². The quantitative estimate of drug-likeness (QED) is 0.385. The van der Waals surface area contributed by atoms with Gasteiger partial charge in [-0.25, -0.2) is 0 Å². The van der Waals surface area contributed by atoms with E-state index in [9.17, 15) is 4.79 Å². The summed E-state index contributed by atoms with van der Waals surface area (Å²) in [5, 5.41) is 8.83. The molecule has 0 atom stereocenters. The molecule has 0 aliphatic heterocycles. The van der Waals surface area contributed by atoms with Gasteiger partial charge in [-0.15, -0.1) is 10.2 Å². The second kappa shape index (κ2) is 8.61. The molecular formula is C22H24N2O3S. The van der Waals surface area contributed by atoms with Crippen molar-refractivity contribution in [3.63, 3.8) is 0 Å². The van der Waals surface area contributed by atoms with Gasteiger partial charge in [0.05, 0.1) is 12.2 Å². The molecule has 6 heteroatoms. The molecule has 0 unspecified atom stereocenters. The van der Waals surface area contributed by atoms with Crippen LogP contribution in [0, 0.1) is 20.8 Å². The van der Waals surface area contributed by atoms with E-state index in [4.69, 9.17) is 9.15 Å². The first-order valence-corrected chi connectivity index (χ1v) is 10.2. The second-order valence-electron chi connectivity index (χ2n) is 6.64. The van der Waals surface area contributed by atoms with Crippen molar-refractivity contribution in [2.45, 2.75) is 45.6 Å². The van der Waals surface area contributed by atoms with E-state index in [1.165, 1.54) is 11.8 Å². The van der Waals surface area contributed by atoms with E-state index < -0.39 is 0 Å². The number of para-hydroxylation sites is 1. The molecule has 3 rings (SSSR count). The van der Waals surface area contributed by atoms with Crippen LogP contribution in [0.2, 0.25) is 0 Å². The Hall–Kier alpha value is -2.60. The Balaban J connectivity index is 1.83. The van der Waals surface area contributed by atoms with Gasteiger partial charge >= 0.3 is 0 Å². The van der Waals surface area contributed by atoms with Crippen molar-refractivity contribution in [3.8, 4) is 17.2 Å². The zero-order chi connectivity index (χ0) is 20.3. The Morgan fingerprint density at radius 3 is 2.61 bits per heavy atom. The molecule has 0 fully saturated rings. The maximum atomic E-state index is 12.0. The molecule has 1 heterocycles. The highest BCUT2D eigenvalue weighted by molar-refractivity contribution is 7.98. The third kappa shape index (κ3) is 4.12. The van der Waals surface area contributed by atoms with Gasteiger partial charge < -0.3 is 9.15 Å². The maximum absolute atomic E-state index is 12.0. The summed E-state index contributed by atoms with van der Waals surface area (Å²) in [6.07, 6.45) is 0. The maximum Gasteiger partial charge on any atom is 0.277 e. The normalized spacial score (nSPS) is 10.9. The number of rotatable bonds is 7. The Morgan fingerprint density at radius 1 is 1.14 bits per heavy atom. The second-order valence-corrected chi connectivity index (χ2v) is 7.56. The summed E-state index contributed by atoms with van der Waals surface area (Å²) in [5.74, 6) is 1.91. The fourth-order valence-electron chi connectivity index (χ4n) is 3.43. The van der Waals surface area contributed by atoms with Crippen molar-refractivity contribution in [2.75, 3.05) is 6.61 Å². The Bertz CT molecular complexity index is 1010. The lowest BCUT2D eigenvalue weighted by Gasteiger charge is -2.15. The zero-order valence-corrected chi connectivity index (χ0v) is 17.6. The van der Waals surface area contributed by atoms with Crippen LogP contribution in [-0.4, -0.2) is 22.6 Å². The van der Waals surface area contributed by atoms with Crippen molar-refractivity contribution in [1.29, 1.82) is 0 Å². The number of hydrogen-bond donors (Lipinski definition) is 0. The summed E-state index contributed by atoms with van der Waals surface area (Å²) in [4.78, 5) is 12.0. The minimum Gasteiger partial charge on any atom is -0.493 e. The van der Waals surface area contributed by atoms with Crippen LogP contribution >= 0.6 is 11.8 Å². The van der Waals surface area contributed by atoms with Crippen molar-refractivity contribution >= 4 is 17.5 Å². The van der Waals surface area contributed by atoms with Gasteiger partial charge in [0.15, 0.2) is 5.78 Å². The number of thioether (sulfide) groups is 1. The van der Waals surface area contributed by atoms with Crippen LogP contribution in [0.1, 0.15) is 46.5 Å². The van der Waals surface area contributed by atoms with Gasteiger partial charge in [0.25, 0.3) is 11.1 Å². The van der Waals surface area contributed by atoms with E-state index in [0.29, 0.717) is 23.5 Å². The topological polar surface area (TPSA) is 65.2 Å². The molecule has 146 valence electrons. The molecule has 0 N–H and O–H groups in total. The minimum atomic E-state index is 0.0915. The Kier molecular flexibility index (Phi) is 6.19. The lowest BCUT2D eigenvalue weighted by molar-refractivity contribution is 0.101. The summed E-state index contributed by atoms with van der Waals surface area (Å²) >= 11 is 1.47. The van der Waals surface area contributed by atoms with Crippen molar-refractivity contribution in [2.24, 2.45) is 0 Å². The largest absolute Gasteiger partial charge is 0.493 e. The number of aryl methyl sites for hydroxylation is 2. The molecule has 0 aliphatic rings. The molecule has 5 nitrogen and oxygen atoms in total. The molecule has 0 saturated heterocycles. The first-order chi connectivity index (χ1) is 13.4. The highest BCUT2D eigenvalue weighted by atomic mass is 32.2. The molecule has 0 radical (unpaired) electrons. The number of aromatic nitrogens is 2. The van der Waals surface area contributed by atoms with Gasteiger partial charge in [0, 0.05) is 11.3 Å². The van der Waals surface area contributed by atoms with E-state index in [1.54, 1.807) is 6.92 Å². The summed E-state index contributed by atoms with van der Waals surface area (Å²) in [6, 6.07) is 9.68. The van der Waals surface area contributed by atoms with Crippen molar-refractivity contribution < 1.29 is 13.9 Å². The number of ether oxygens (including phenoxy) is 1. The van der Waals surface area contributed by atoms with Crippen LogP contribution in [0.15, 0.2) is 40.0 Å². The van der Waals surface area contributed by atoms with Gasteiger partial charge in [-0.1, -0.05) is 30.0 Å². The predicted molar refractivity (Wildman–Crippen MR) is 111 cm³/mol. The standard InChI is InChI=1S/C22H24N2O3S/c1-6-26-19-10-8-7-9-17(19)21-23-24-22(27-21)28-12-18-13(2)11-14(3)20(15(18)4)16(5)25/h7-11H,6,12H2,1-5H3. The van der Waals surface area contributed by atoms with Crippen LogP contribution in [0.4, 0.5) is 0 Å². The molecule has 0 saturated carbocycles. The average molecular weight is 397 g/mol. The zero-order valence-electron chi connectivity index (χ0n) is 16.8. The molecule has 0 aliphatic carbocycles. The predicted octanol–water partition coefficient (Wildman–Crippen LogP) is 5.56. The first kappa shape index (κ1) is 20.1. The van der Waals surface area contributed by atoms with Crippen molar-refractivity contribution in [3.05, 3.63) is 58.1 Å². The number of carbonyl (C=O) groups is 1. The number of Topliss-reactive ketones (excluding diaryl/α,β-unsaturated/α-hetero) is 1. The number of ketones is 1. The number of carbonyl (C=O) groups excluding carboxylic acids is 1. The Morgan fingerprint density at radius 2 is 1.89 bits per heavy atom. The molecule has 0 amide bonds. The third-order valence-electron chi connectivity index (χ3n) is 4.65. The lowest BCUT2D eigenvalue weighted by Crippen LogP contribution is -2.05. The molecule has 1 aromatic heterocycles. The fourth-order valence-corrected chi connectivity index (χ4v) is 4.37. The van der Waals surface area contributed by atoms with E-state index in [1.807, 2.05) is 45.0 Å². The molecule has 28 heavy (non-hydrogen) atoms. The van der Waals surface area contributed by atoms with Crippen molar-refractivity contribution in [1.82, 2.24) is 10.2 Å². The highest BCUT2D eigenvalue weighted by Crippen LogP contribution is 2.33. The molecule has 0 bridgehead atoms. The summed E-state index contributed by atoms with van der Waals surface area (Å²) in [5.41, 5.74) is 5.93. The molecular weight excluding hydrogens is 372 g/mol. The van der Waals surface area contributed by atoms with Crippen LogP contribution in [0.25, 0.3) is 11.5 Å². The van der Waals surface area contributed by atoms with Crippen LogP contribution in [0.3, 0.4) is 0 Å². The molecule has 2 aromatic carbocycles. The minimum absolute atomic E-state index is 0.0915. The van der Waals surface area contributed by atoms with Crippen LogP contribution in [-0.2, 0) is 5.75 Å². The highest BCUT2D eigenvalue weighted by Gasteiger charge is 2.17. The smallest absolute Gasteiger partial charge is 0.277 e. The van der Waals surface area contributed by atoms with Gasteiger partial charge in [-0.05, 0) is 69.0 Å². The lowest BCUT2D eigenvalue weighted by atomic mass is 9.92. The SMILES string of the molecule is CCOc1ccccc1-c1nnc(SCc2c(C)cc(C)c(C(C)=O)c2C)o1. The first-order valence-electron chi connectivity index (χ1n) is 9.21. The number of benzene rings is 2. The number of nitrogens with zero attached hydrogens (tertiary/aromatic N) is 2. The summed E-state index contributed by atoms with van der Waals surface area (Å²) < 4.78 is 11.5. The van der Waals surface area contributed by atoms with Crippen LogP contribution < -0.4 is 4.74 Å². The summed E-state index contributed by atoms with van der Waals surface area (Å²) in [7, 11) is 0. The van der Waals surface area contributed by atoms with E-state index in [0.717, 1.165) is 39.1 Å². The number of hydrogen-bond acceptors (Lipinski definition) is 6. The van der Waals surface area contributed by atoms with E-state index >= 15 is 0 Å². The van der Waals surface area contributed by atoms with Gasteiger partial charge in [-0.3, -0.25) is 4.79 Å². The van der Waals surface area contributed by atoms with Gasteiger partial charge in [0.1, 0.15) is 5.75 Å². The molecule has 0 spiro atoms. The Labute approximate surface area is 169 Å². The monoisotopic (exact) mass is 396 g/mol. The van der Waals surface area contributed by atoms with Gasteiger partial charge in [0.2, 0.25) is 0 Å². The van der Waals surface area contributed by atoms with E-state index in [2.05, 4.69) is 23.2 Å². The third-order valence-corrected chi connectivity index (χ3v) is 5.49. The fraction of sp³-hybridized carbons (Fsp3) is 0.318. The van der Waals surface area contributed by atoms with E-state index in [-0.39, 0.29) is 5.78 Å².